The van der Waals surface area contributed by atoms with Gasteiger partial charge in [-0.25, -0.2) is 12.8 Å². The van der Waals surface area contributed by atoms with Crippen molar-refractivity contribution in [2.75, 3.05) is 13.1 Å². The quantitative estimate of drug-likeness (QED) is 0.612. The second kappa shape index (κ2) is 8.99. The number of nitrogens with zero attached hydrogens (tertiary/aromatic N) is 2. The molecule has 0 saturated carbocycles. The Morgan fingerprint density at radius 3 is 2.52 bits per heavy atom. The van der Waals surface area contributed by atoms with Crippen molar-refractivity contribution >= 4 is 15.9 Å². The first kappa shape index (κ1) is 21.2. The van der Waals surface area contributed by atoms with Gasteiger partial charge in [0.1, 0.15) is 5.82 Å². The molecule has 1 aromatic heterocycles. The molecule has 3 aromatic rings. The maximum atomic E-state index is 13.2. The fourth-order valence-corrected chi connectivity index (χ4v) is 5.45. The third-order valence-electron chi connectivity index (χ3n) is 5.36. The lowest BCUT2D eigenvalue weighted by Crippen LogP contribution is -2.36. The van der Waals surface area contributed by atoms with Crippen molar-refractivity contribution < 1.29 is 17.6 Å². The van der Waals surface area contributed by atoms with Crippen LogP contribution in [0.2, 0.25) is 0 Å². The fraction of sp³-hybridized carbons (Fsp3) is 0.273. The number of hydrogen-bond acceptors (Lipinski definition) is 4. The van der Waals surface area contributed by atoms with Crippen molar-refractivity contribution in [2.24, 2.45) is 0 Å². The summed E-state index contributed by atoms with van der Waals surface area (Å²) in [6.45, 7) is 1.08. The maximum Gasteiger partial charge on any atom is 0.255 e. The topological polar surface area (TPSA) is 95.2 Å². The van der Waals surface area contributed by atoms with Crippen LogP contribution in [0.15, 0.2) is 59.6 Å². The van der Waals surface area contributed by atoms with Crippen molar-refractivity contribution in [3.63, 3.8) is 0 Å². The van der Waals surface area contributed by atoms with E-state index in [0.717, 1.165) is 19.3 Å². The van der Waals surface area contributed by atoms with Gasteiger partial charge in [-0.2, -0.15) is 9.40 Å². The fourth-order valence-electron chi connectivity index (χ4n) is 3.71. The Bertz CT molecular complexity index is 1170. The van der Waals surface area contributed by atoms with Crippen LogP contribution in [0.25, 0.3) is 11.3 Å². The van der Waals surface area contributed by atoms with Crippen LogP contribution in [-0.2, 0) is 16.6 Å². The van der Waals surface area contributed by atoms with Gasteiger partial charge in [-0.05, 0) is 48.7 Å². The summed E-state index contributed by atoms with van der Waals surface area (Å²) in [5.74, 6) is -0.779. The lowest BCUT2D eigenvalue weighted by molar-refractivity contribution is 0.0951. The van der Waals surface area contributed by atoms with Gasteiger partial charge in [-0.3, -0.25) is 9.89 Å². The summed E-state index contributed by atoms with van der Waals surface area (Å²) in [5.41, 5.74) is 1.90. The largest absolute Gasteiger partial charge is 0.348 e. The van der Waals surface area contributed by atoms with E-state index < -0.39 is 15.9 Å². The van der Waals surface area contributed by atoms with Crippen LogP contribution < -0.4 is 5.32 Å². The number of carbonyl (C=O) groups is 1. The number of benzene rings is 2. The van der Waals surface area contributed by atoms with Crippen molar-refractivity contribution in [1.29, 1.82) is 0 Å². The highest BCUT2D eigenvalue weighted by Crippen LogP contribution is 2.24. The molecule has 2 aromatic carbocycles. The minimum absolute atomic E-state index is 0.0517. The van der Waals surface area contributed by atoms with Gasteiger partial charge >= 0.3 is 0 Å². The summed E-state index contributed by atoms with van der Waals surface area (Å²) in [6, 6.07) is 12.4. The summed E-state index contributed by atoms with van der Waals surface area (Å²) in [7, 11) is -3.62. The number of aromatic nitrogens is 2. The first-order chi connectivity index (χ1) is 15.0. The van der Waals surface area contributed by atoms with E-state index in [2.05, 4.69) is 15.5 Å². The maximum absolute atomic E-state index is 13.2. The molecule has 1 saturated heterocycles. The number of aromatic amines is 1. The third-order valence-corrected chi connectivity index (χ3v) is 7.36. The molecule has 0 unspecified atom stereocenters. The van der Waals surface area contributed by atoms with E-state index in [1.54, 1.807) is 36.4 Å². The molecule has 1 fully saturated rings. The molecule has 1 aliphatic rings. The normalized spacial score (nSPS) is 15.0. The minimum atomic E-state index is -3.62. The Morgan fingerprint density at radius 2 is 1.77 bits per heavy atom. The molecule has 0 bridgehead atoms. The molecule has 31 heavy (non-hydrogen) atoms. The molecular formula is C22H23FN4O3S. The van der Waals surface area contributed by atoms with Crippen LogP contribution in [0.4, 0.5) is 4.39 Å². The standard InChI is InChI=1S/C22H23FN4O3S/c23-18-10-8-16(9-11-18)21-19(15-25-26-21)22(28)24-14-17-6-2-3-7-20(17)31(29,30)27-12-4-1-5-13-27/h2-3,6-11,15H,1,4-5,12-14H2,(H,24,28)(H,25,26). The number of amides is 1. The second-order valence-corrected chi connectivity index (χ2v) is 9.33. The van der Waals surface area contributed by atoms with Crippen LogP contribution >= 0.6 is 0 Å². The van der Waals surface area contributed by atoms with Crippen molar-refractivity contribution in [3.05, 3.63) is 71.7 Å². The van der Waals surface area contributed by atoms with Crippen LogP contribution in [0.1, 0.15) is 35.2 Å². The predicted molar refractivity (Wildman–Crippen MR) is 114 cm³/mol. The lowest BCUT2D eigenvalue weighted by Gasteiger charge is -2.26. The van der Waals surface area contributed by atoms with E-state index >= 15 is 0 Å². The van der Waals surface area contributed by atoms with Crippen molar-refractivity contribution in [1.82, 2.24) is 19.8 Å². The van der Waals surface area contributed by atoms with Gasteiger partial charge in [0.2, 0.25) is 10.0 Å². The Morgan fingerprint density at radius 1 is 1.06 bits per heavy atom. The van der Waals surface area contributed by atoms with Gasteiger partial charge in [0.25, 0.3) is 5.91 Å². The molecule has 2 heterocycles. The molecule has 1 aliphatic heterocycles. The first-order valence-electron chi connectivity index (χ1n) is 10.1. The van der Waals surface area contributed by atoms with E-state index in [1.165, 1.54) is 22.6 Å². The summed E-state index contributed by atoms with van der Waals surface area (Å²) in [4.78, 5) is 13.0. The third kappa shape index (κ3) is 4.52. The Kier molecular flexibility index (Phi) is 6.15. The number of rotatable bonds is 6. The molecule has 0 spiro atoms. The molecule has 0 radical (unpaired) electrons. The van der Waals surface area contributed by atoms with Crippen LogP contribution in [-0.4, -0.2) is 41.9 Å². The molecular weight excluding hydrogens is 419 g/mol. The van der Waals surface area contributed by atoms with Gasteiger partial charge in [0, 0.05) is 25.2 Å². The summed E-state index contributed by atoms with van der Waals surface area (Å²) in [5, 5.41) is 9.48. The number of hydrogen-bond donors (Lipinski definition) is 2. The molecule has 0 aliphatic carbocycles. The molecule has 4 rings (SSSR count). The van der Waals surface area contributed by atoms with Crippen molar-refractivity contribution in [2.45, 2.75) is 30.7 Å². The minimum Gasteiger partial charge on any atom is -0.348 e. The SMILES string of the molecule is O=C(NCc1ccccc1S(=O)(=O)N1CCCCC1)c1cn[nH]c1-c1ccc(F)cc1. The Hall–Kier alpha value is -3.04. The van der Waals surface area contributed by atoms with E-state index in [1.807, 2.05) is 0 Å². The van der Waals surface area contributed by atoms with E-state index in [0.29, 0.717) is 35.5 Å². The summed E-state index contributed by atoms with van der Waals surface area (Å²) >= 11 is 0. The Balaban J connectivity index is 1.53. The molecule has 9 heteroatoms. The van der Waals surface area contributed by atoms with Gasteiger partial charge in [0.05, 0.1) is 22.3 Å². The summed E-state index contributed by atoms with van der Waals surface area (Å²) in [6.07, 6.45) is 4.13. The number of piperidine rings is 1. The second-order valence-electron chi connectivity index (χ2n) is 7.42. The average molecular weight is 443 g/mol. The number of H-pyrrole nitrogens is 1. The lowest BCUT2D eigenvalue weighted by atomic mass is 10.1. The van der Waals surface area contributed by atoms with Crippen LogP contribution in [0.5, 0.6) is 0 Å². The highest BCUT2D eigenvalue weighted by molar-refractivity contribution is 7.89. The van der Waals surface area contributed by atoms with E-state index in [9.17, 15) is 17.6 Å². The molecule has 162 valence electrons. The highest BCUT2D eigenvalue weighted by atomic mass is 32.2. The van der Waals surface area contributed by atoms with Gasteiger partial charge in [-0.1, -0.05) is 24.6 Å². The number of nitrogens with one attached hydrogen (secondary N) is 2. The average Bonchev–Trinajstić information content (AvgIpc) is 3.29. The van der Waals surface area contributed by atoms with Gasteiger partial charge in [-0.15, -0.1) is 0 Å². The molecule has 0 atom stereocenters. The predicted octanol–water partition coefficient (Wildman–Crippen LogP) is 3.32. The van der Waals surface area contributed by atoms with Gasteiger partial charge < -0.3 is 5.32 Å². The smallest absolute Gasteiger partial charge is 0.255 e. The number of carbonyl (C=O) groups excluding carboxylic acids is 1. The molecule has 1 amide bonds. The van der Waals surface area contributed by atoms with Crippen molar-refractivity contribution in [3.8, 4) is 11.3 Å². The zero-order chi connectivity index (χ0) is 21.8. The Labute approximate surface area is 180 Å². The highest BCUT2D eigenvalue weighted by Gasteiger charge is 2.28. The van der Waals surface area contributed by atoms with Crippen LogP contribution in [0, 0.1) is 5.82 Å². The van der Waals surface area contributed by atoms with Crippen LogP contribution in [0.3, 0.4) is 0 Å². The van der Waals surface area contributed by atoms with E-state index in [-0.39, 0.29) is 17.3 Å². The zero-order valence-electron chi connectivity index (χ0n) is 16.8. The molecule has 7 nitrogen and oxygen atoms in total. The zero-order valence-corrected chi connectivity index (χ0v) is 17.7. The monoisotopic (exact) mass is 442 g/mol. The summed E-state index contributed by atoms with van der Waals surface area (Å²) < 4.78 is 41.0. The number of halogens is 1. The first-order valence-corrected chi connectivity index (χ1v) is 11.6. The van der Waals surface area contributed by atoms with Gasteiger partial charge in [0.15, 0.2) is 0 Å². The number of sulfonamides is 1. The van der Waals surface area contributed by atoms with E-state index in [4.69, 9.17) is 0 Å². The molecule has 2 N–H and O–H groups in total.